The number of piperidine rings is 1. The van der Waals surface area contributed by atoms with Crippen molar-refractivity contribution < 1.29 is 15.0 Å². The first-order valence-corrected chi connectivity index (χ1v) is 6.08. The number of para-hydroxylation sites is 1. The van der Waals surface area contributed by atoms with Crippen molar-refractivity contribution in [2.45, 2.75) is 31.8 Å². The minimum absolute atomic E-state index is 0.0444. The predicted molar refractivity (Wildman–Crippen MR) is 67.5 cm³/mol. The molecule has 4 N–H and O–H groups in total. The molecule has 0 aliphatic carbocycles. The average Bonchev–Trinajstić information content (AvgIpc) is 2.32. The number of carbonyl (C=O) groups excluding carboxylic acids is 1. The summed E-state index contributed by atoms with van der Waals surface area (Å²) in [4.78, 5) is 14.0. The lowest BCUT2D eigenvalue weighted by Gasteiger charge is -2.36. The van der Waals surface area contributed by atoms with E-state index >= 15 is 0 Å². The number of amides is 1. The molecule has 18 heavy (non-hydrogen) atoms. The van der Waals surface area contributed by atoms with E-state index in [1.54, 1.807) is 11.0 Å². The van der Waals surface area contributed by atoms with Crippen molar-refractivity contribution in [3.05, 3.63) is 23.8 Å². The van der Waals surface area contributed by atoms with Crippen molar-refractivity contribution in [1.82, 2.24) is 4.90 Å². The molecule has 2 atom stereocenters. The summed E-state index contributed by atoms with van der Waals surface area (Å²) in [6, 6.07) is 4.58. The number of hydrogen-bond donors (Lipinski definition) is 3. The van der Waals surface area contributed by atoms with Gasteiger partial charge in [0.05, 0.1) is 5.56 Å². The van der Waals surface area contributed by atoms with Gasteiger partial charge in [-0.15, -0.1) is 0 Å². The second-order valence-electron chi connectivity index (χ2n) is 4.81. The van der Waals surface area contributed by atoms with Crippen LogP contribution in [0.25, 0.3) is 0 Å². The number of nitrogens with zero attached hydrogens (tertiary/aromatic N) is 1. The van der Waals surface area contributed by atoms with Crippen molar-refractivity contribution >= 4 is 5.91 Å². The lowest BCUT2D eigenvalue weighted by Crippen LogP contribution is -2.48. The summed E-state index contributed by atoms with van der Waals surface area (Å²) in [6.07, 6.45) is 1.51. The lowest BCUT2D eigenvalue weighted by molar-refractivity contribution is 0.0615. The van der Waals surface area contributed by atoms with Gasteiger partial charge in [0.25, 0.3) is 5.91 Å². The molecule has 98 valence electrons. The van der Waals surface area contributed by atoms with E-state index in [2.05, 4.69) is 0 Å². The van der Waals surface area contributed by atoms with Gasteiger partial charge in [-0.05, 0) is 31.9 Å². The minimum Gasteiger partial charge on any atom is -0.504 e. The van der Waals surface area contributed by atoms with E-state index in [1.165, 1.54) is 12.1 Å². The second-order valence-corrected chi connectivity index (χ2v) is 4.81. The molecule has 0 bridgehead atoms. The summed E-state index contributed by atoms with van der Waals surface area (Å²) < 4.78 is 0. The number of benzene rings is 1. The van der Waals surface area contributed by atoms with Crippen LogP contribution in [0.1, 0.15) is 30.1 Å². The molecular formula is C13H18N2O3. The van der Waals surface area contributed by atoms with Gasteiger partial charge in [0, 0.05) is 18.6 Å². The van der Waals surface area contributed by atoms with Crippen LogP contribution in [0.5, 0.6) is 11.5 Å². The van der Waals surface area contributed by atoms with Crippen LogP contribution >= 0.6 is 0 Å². The van der Waals surface area contributed by atoms with Gasteiger partial charge in [-0.25, -0.2) is 0 Å². The fourth-order valence-electron chi connectivity index (χ4n) is 2.37. The second kappa shape index (κ2) is 4.86. The van der Waals surface area contributed by atoms with E-state index in [1.807, 2.05) is 6.92 Å². The maximum Gasteiger partial charge on any atom is 0.257 e. The number of rotatable bonds is 1. The van der Waals surface area contributed by atoms with E-state index in [9.17, 15) is 15.0 Å². The molecule has 1 aliphatic rings. The van der Waals surface area contributed by atoms with Crippen LogP contribution in [0.2, 0.25) is 0 Å². The fourth-order valence-corrected chi connectivity index (χ4v) is 2.37. The topological polar surface area (TPSA) is 86.8 Å². The standard InChI is InChI=1S/C13H18N2O3/c1-8-7-9(14)5-6-15(8)13(18)10-3-2-4-11(16)12(10)17/h2-4,8-9,16-17H,5-7,14H2,1H3. The monoisotopic (exact) mass is 250 g/mol. The molecule has 1 fully saturated rings. The third-order valence-corrected chi connectivity index (χ3v) is 3.42. The maximum atomic E-state index is 12.3. The third-order valence-electron chi connectivity index (χ3n) is 3.42. The van der Waals surface area contributed by atoms with Crippen molar-refractivity contribution in [2.75, 3.05) is 6.54 Å². The Kier molecular flexibility index (Phi) is 3.43. The fraction of sp³-hybridized carbons (Fsp3) is 0.462. The molecule has 1 amide bonds. The highest BCUT2D eigenvalue weighted by molar-refractivity contribution is 5.97. The summed E-state index contributed by atoms with van der Waals surface area (Å²) in [7, 11) is 0. The number of likely N-dealkylation sites (tertiary alicyclic amines) is 1. The summed E-state index contributed by atoms with van der Waals surface area (Å²) >= 11 is 0. The molecule has 1 heterocycles. The molecule has 2 unspecified atom stereocenters. The summed E-state index contributed by atoms with van der Waals surface area (Å²) in [5, 5.41) is 19.1. The highest BCUT2D eigenvalue weighted by atomic mass is 16.3. The van der Waals surface area contributed by atoms with Crippen LogP contribution in [0.4, 0.5) is 0 Å². The Labute approximate surface area is 106 Å². The van der Waals surface area contributed by atoms with Crippen molar-refractivity contribution in [2.24, 2.45) is 5.73 Å². The largest absolute Gasteiger partial charge is 0.504 e. The van der Waals surface area contributed by atoms with Crippen molar-refractivity contribution in [1.29, 1.82) is 0 Å². The Morgan fingerprint density at radius 2 is 2.17 bits per heavy atom. The Bertz CT molecular complexity index is 462. The van der Waals surface area contributed by atoms with Crippen LogP contribution < -0.4 is 5.73 Å². The molecule has 1 aromatic rings. The van der Waals surface area contributed by atoms with Gasteiger partial charge in [0.2, 0.25) is 0 Å². The molecule has 1 aromatic carbocycles. The zero-order valence-electron chi connectivity index (χ0n) is 10.3. The number of phenolic OH excluding ortho intramolecular Hbond substituents is 2. The van der Waals surface area contributed by atoms with E-state index in [-0.39, 0.29) is 35.1 Å². The normalized spacial score (nSPS) is 24.0. The average molecular weight is 250 g/mol. The highest BCUT2D eigenvalue weighted by Gasteiger charge is 2.29. The van der Waals surface area contributed by atoms with Crippen LogP contribution in [-0.4, -0.2) is 39.6 Å². The van der Waals surface area contributed by atoms with Crippen LogP contribution in [0, 0.1) is 0 Å². The number of aromatic hydroxyl groups is 2. The van der Waals surface area contributed by atoms with E-state index in [0.29, 0.717) is 6.54 Å². The quantitative estimate of drug-likeness (QED) is 0.650. The minimum atomic E-state index is -0.357. The molecule has 5 heteroatoms. The SMILES string of the molecule is CC1CC(N)CCN1C(=O)c1cccc(O)c1O. The smallest absolute Gasteiger partial charge is 0.257 e. The van der Waals surface area contributed by atoms with Gasteiger partial charge in [-0.3, -0.25) is 4.79 Å². The molecule has 0 saturated carbocycles. The van der Waals surface area contributed by atoms with Crippen molar-refractivity contribution in [3.8, 4) is 11.5 Å². The summed E-state index contributed by atoms with van der Waals surface area (Å²) in [6.45, 7) is 2.52. The Balaban J connectivity index is 2.23. The Morgan fingerprint density at radius 1 is 1.44 bits per heavy atom. The van der Waals surface area contributed by atoms with Crippen molar-refractivity contribution in [3.63, 3.8) is 0 Å². The maximum absolute atomic E-state index is 12.3. The van der Waals surface area contributed by atoms with Crippen LogP contribution in [-0.2, 0) is 0 Å². The predicted octanol–water partition coefficient (Wildman–Crippen LogP) is 1.05. The Morgan fingerprint density at radius 3 is 2.83 bits per heavy atom. The van der Waals surface area contributed by atoms with Gasteiger partial charge in [0.15, 0.2) is 11.5 Å². The van der Waals surface area contributed by atoms with Gasteiger partial charge in [-0.2, -0.15) is 0 Å². The number of carbonyl (C=O) groups is 1. The first-order chi connectivity index (χ1) is 8.50. The zero-order chi connectivity index (χ0) is 13.3. The zero-order valence-corrected chi connectivity index (χ0v) is 10.3. The third kappa shape index (κ3) is 2.26. The number of phenols is 2. The molecule has 0 aromatic heterocycles. The molecule has 2 rings (SSSR count). The van der Waals surface area contributed by atoms with Gasteiger partial charge in [0.1, 0.15) is 0 Å². The summed E-state index contributed by atoms with van der Waals surface area (Å²) in [5.74, 6) is -0.894. The van der Waals surface area contributed by atoms with Gasteiger partial charge >= 0.3 is 0 Å². The highest BCUT2D eigenvalue weighted by Crippen LogP contribution is 2.30. The molecular weight excluding hydrogens is 232 g/mol. The molecule has 0 spiro atoms. The first-order valence-electron chi connectivity index (χ1n) is 6.08. The molecule has 1 saturated heterocycles. The van der Waals surface area contributed by atoms with E-state index in [0.717, 1.165) is 12.8 Å². The number of nitrogens with two attached hydrogens (primary N) is 1. The van der Waals surface area contributed by atoms with Crippen LogP contribution in [0.15, 0.2) is 18.2 Å². The van der Waals surface area contributed by atoms with Gasteiger partial charge in [-0.1, -0.05) is 6.07 Å². The van der Waals surface area contributed by atoms with E-state index in [4.69, 9.17) is 5.73 Å². The molecule has 0 radical (unpaired) electrons. The molecule has 1 aliphatic heterocycles. The Hall–Kier alpha value is -1.75. The van der Waals surface area contributed by atoms with Gasteiger partial charge < -0.3 is 20.8 Å². The summed E-state index contributed by atoms with van der Waals surface area (Å²) in [5.41, 5.74) is 5.99. The van der Waals surface area contributed by atoms with Crippen LogP contribution in [0.3, 0.4) is 0 Å². The van der Waals surface area contributed by atoms with E-state index < -0.39 is 0 Å². The first kappa shape index (κ1) is 12.7. The molecule has 5 nitrogen and oxygen atoms in total. The lowest BCUT2D eigenvalue weighted by atomic mass is 9.98. The number of hydrogen-bond acceptors (Lipinski definition) is 4.